The summed E-state index contributed by atoms with van der Waals surface area (Å²) in [6, 6.07) is 23.5. The van der Waals surface area contributed by atoms with Crippen molar-refractivity contribution in [2.24, 2.45) is 0 Å². The van der Waals surface area contributed by atoms with Crippen LogP contribution in [0.5, 0.6) is 0 Å². The second-order valence-corrected chi connectivity index (χ2v) is 5.73. The van der Waals surface area contributed by atoms with Crippen molar-refractivity contribution in [2.45, 2.75) is 0 Å². The van der Waals surface area contributed by atoms with Gasteiger partial charge in [0.15, 0.2) is 0 Å². The lowest BCUT2D eigenvalue weighted by Crippen LogP contribution is -1.76. The molecule has 6 rings (SSSR count). The van der Waals surface area contributed by atoms with Gasteiger partial charge in [-0.25, -0.2) is 0 Å². The third-order valence-electron chi connectivity index (χ3n) is 4.81. The number of hydrogen-bond acceptors (Lipinski definition) is 0. The summed E-state index contributed by atoms with van der Waals surface area (Å²) in [5.74, 6) is 0. The summed E-state index contributed by atoms with van der Waals surface area (Å²) in [5.41, 5.74) is 0. The molecule has 0 heterocycles. The highest BCUT2D eigenvalue weighted by Crippen LogP contribution is 2.47. The van der Waals surface area contributed by atoms with Crippen LogP contribution in [0.1, 0.15) is 0 Å². The molecular formula is C20H9. The molecule has 0 amide bonds. The molecule has 0 spiro atoms. The molecule has 0 nitrogen and oxygen atoms in total. The van der Waals surface area contributed by atoms with Crippen molar-refractivity contribution in [3.8, 4) is 0 Å². The van der Waals surface area contributed by atoms with Crippen molar-refractivity contribution in [1.82, 2.24) is 0 Å². The van der Waals surface area contributed by atoms with Crippen LogP contribution in [0.25, 0.3) is 53.9 Å². The highest BCUT2D eigenvalue weighted by atomic mass is 14.2. The van der Waals surface area contributed by atoms with Crippen LogP contribution in [-0.2, 0) is 0 Å². The fourth-order valence-corrected chi connectivity index (χ4v) is 3.99. The standard InChI is InChI=1S/C20H9/c1-2-12-5-6-14-9-10-15-8-7-13-4-3-11(1)16-17(12)19(14)20(15)18(13)16/h1-9H. The van der Waals surface area contributed by atoms with E-state index in [1.54, 1.807) is 0 Å². The Bertz CT molecular complexity index is 925. The predicted molar refractivity (Wildman–Crippen MR) is 86.4 cm³/mol. The molecule has 0 atom stereocenters. The van der Waals surface area contributed by atoms with Gasteiger partial charge in [0, 0.05) is 0 Å². The van der Waals surface area contributed by atoms with E-state index in [1.165, 1.54) is 53.9 Å². The van der Waals surface area contributed by atoms with Crippen LogP contribution in [0.2, 0.25) is 0 Å². The summed E-state index contributed by atoms with van der Waals surface area (Å²) in [5, 5.41) is 13.7. The first kappa shape index (κ1) is 9.33. The summed E-state index contributed by atoms with van der Waals surface area (Å²) in [6.07, 6.45) is 0. The summed E-state index contributed by atoms with van der Waals surface area (Å²) in [4.78, 5) is 0. The summed E-state index contributed by atoms with van der Waals surface area (Å²) >= 11 is 0. The van der Waals surface area contributed by atoms with Gasteiger partial charge in [-0.05, 0) is 66.0 Å². The van der Waals surface area contributed by atoms with Gasteiger partial charge in [-0.15, -0.1) is 0 Å². The molecule has 0 bridgehead atoms. The van der Waals surface area contributed by atoms with Crippen molar-refractivity contribution < 1.29 is 0 Å². The maximum atomic E-state index is 3.45. The molecule has 89 valence electrons. The van der Waals surface area contributed by atoms with Crippen LogP contribution < -0.4 is 0 Å². The van der Waals surface area contributed by atoms with Crippen molar-refractivity contribution in [3.05, 3.63) is 60.7 Å². The number of benzene rings is 5. The SMILES string of the molecule is [c]1cc2ccc3ccc4ccc5ccc1c1c2c3c4c51. The van der Waals surface area contributed by atoms with Gasteiger partial charge in [0.25, 0.3) is 0 Å². The molecule has 0 saturated carbocycles. The van der Waals surface area contributed by atoms with Crippen LogP contribution in [0, 0.1) is 6.07 Å². The maximum absolute atomic E-state index is 3.45. The molecule has 0 aliphatic rings. The molecule has 1 radical (unpaired) electrons. The maximum Gasteiger partial charge on any atom is -0.000762 e. The number of hydrogen-bond donors (Lipinski definition) is 0. The minimum Gasteiger partial charge on any atom is -0.0537 e. The molecule has 0 unspecified atom stereocenters. The van der Waals surface area contributed by atoms with Crippen LogP contribution in [0.15, 0.2) is 54.6 Å². The summed E-state index contributed by atoms with van der Waals surface area (Å²) < 4.78 is 0. The normalized spacial score (nSPS) is 13.0. The van der Waals surface area contributed by atoms with Crippen LogP contribution in [-0.4, -0.2) is 0 Å². The summed E-state index contributed by atoms with van der Waals surface area (Å²) in [6.45, 7) is 0. The van der Waals surface area contributed by atoms with Gasteiger partial charge in [-0.3, -0.25) is 0 Å². The summed E-state index contributed by atoms with van der Waals surface area (Å²) in [7, 11) is 0. The molecular weight excluding hydrogens is 240 g/mol. The monoisotopic (exact) mass is 249 g/mol. The van der Waals surface area contributed by atoms with E-state index in [0.717, 1.165) is 0 Å². The van der Waals surface area contributed by atoms with E-state index in [9.17, 15) is 0 Å². The first-order valence-electron chi connectivity index (χ1n) is 6.97. The van der Waals surface area contributed by atoms with Gasteiger partial charge in [0.05, 0.1) is 0 Å². The van der Waals surface area contributed by atoms with E-state index in [-0.39, 0.29) is 0 Å². The predicted octanol–water partition coefficient (Wildman–Crippen LogP) is 5.57. The smallest absolute Gasteiger partial charge is 0.000762 e. The Kier molecular flexibility index (Phi) is 1.30. The van der Waals surface area contributed by atoms with Crippen molar-refractivity contribution >= 4 is 53.9 Å². The lowest BCUT2D eigenvalue weighted by Gasteiger charge is -2.03. The molecule has 0 aliphatic carbocycles. The Balaban J connectivity index is 2.27. The lowest BCUT2D eigenvalue weighted by atomic mass is 10.00. The number of rotatable bonds is 0. The minimum absolute atomic E-state index is 1.24. The van der Waals surface area contributed by atoms with E-state index in [2.05, 4.69) is 60.7 Å². The Morgan fingerprint density at radius 3 is 1.55 bits per heavy atom. The largest absolute Gasteiger partial charge is 0.0537 e. The zero-order valence-corrected chi connectivity index (χ0v) is 10.7. The first-order valence-corrected chi connectivity index (χ1v) is 6.97. The highest BCUT2D eigenvalue weighted by molar-refractivity contribution is 6.44. The second kappa shape index (κ2) is 2.78. The fourth-order valence-electron chi connectivity index (χ4n) is 3.99. The third-order valence-corrected chi connectivity index (χ3v) is 4.81. The van der Waals surface area contributed by atoms with Gasteiger partial charge in [-0.1, -0.05) is 48.5 Å². The minimum atomic E-state index is 1.24. The Hall–Kier alpha value is -2.60. The van der Waals surface area contributed by atoms with E-state index >= 15 is 0 Å². The average Bonchev–Trinajstić information content (AvgIpc) is 2.88. The molecule has 6 aromatic carbocycles. The zero-order valence-electron chi connectivity index (χ0n) is 10.7. The van der Waals surface area contributed by atoms with E-state index < -0.39 is 0 Å². The van der Waals surface area contributed by atoms with Gasteiger partial charge < -0.3 is 0 Å². The second-order valence-electron chi connectivity index (χ2n) is 5.73. The lowest BCUT2D eigenvalue weighted by molar-refractivity contribution is 1.86. The molecule has 0 heteroatoms. The van der Waals surface area contributed by atoms with E-state index in [1.807, 2.05) is 0 Å². The molecule has 20 heavy (non-hydrogen) atoms. The van der Waals surface area contributed by atoms with E-state index in [0.29, 0.717) is 0 Å². The van der Waals surface area contributed by atoms with Crippen LogP contribution in [0.4, 0.5) is 0 Å². The highest BCUT2D eigenvalue weighted by Gasteiger charge is 2.18. The Morgan fingerprint density at radius 1 is 0.450 bits per heavy atom. The molecule has 0 N–H and O–H groups in total. The average molecular weight is 249 g/mol. The van der Waals surface area contributed by atoms with Gasteiger partial charge in [0.1, 0.15) is 0 Å². The first-order chi connectivity index (χ1) is 9.92. The van der Waals surface area contributed by atoms with E-state index in [4.69, 9.17) is 0 Å². The third kappa shape index (κ3) is 0.820. The molecule has 0 fully saturated rings. The molecule has 0 saturated heterocycles. The Morgan fingerprint density at radius 2 is 0.900 bits per heavy atom. The van der Waals surface area contributed by atoms with Crippen LogP contribution in [0.3, 0.4) is 0 Å². The van der Waals surface area contributed by atoms with Gasteiger partial charge >= 0.3 is 0 Å². The molecule has 6 aromatic rings. The quantitative estimate of drug-likeness (QED) is 0.309. The Labute approximate surface area is 115 Å². The van der Waals surface area contributed by atoms with Crippen molar-refractivity contribution in [3.63, 3.8) is 0 Å². The molecule has 0 aliphatic heterocycles. The van der Waals surface area contributed by atoms with Crippen LogP contribution >= 0.6 is 0 Å². The fraction of sp³-hybridized carbons (Fsp3) is 0. The van der Waals surface area contributed by atoms with Crippen molar-refractivity contribution in [2.75, 3.05) is 0 Å². The van der Waals surface area contributed by atoms with Gasteiger partial charge in [0.2, 0.25) is 0 Å². The topological polar surface area (TPSA) is 0 Å². The van der Waals surface area contributed by atoms with Gasteiger partial charge in [-0.2, -0.15) is 0 Å². The zero-order chi connectivity index (χ0) is 12.8. The molecule has 0 aromatic heterocycles. The van der Waals surface area contributed by atoms with Crippen molar-refractivity contribution in [1.29, 1.82) is 0 Å².